The lowest BCUT2D eigenvalue weighted by molar-refractivity contribution is -0.920. The molecule has 1 aromatic carbocycles. The standard InChI is InChI=1S/C19H26NO3.H2O/c1-4-20(2)10-9-19-8-7-14(21)11-16(19)23-18-15(22-3)6-5-13(12-20)17(18)19;/h5-8,14,16,21H,4,9-12H2,1-3H3;1H2/q+1;/p-1/t14-,16-,19-,20?;/m0./s1. The number of quaternary nitrogens is 1. The average Bonchev–Trinajstić information content (AvgIpc) is 2.81. The fourth-order valence-electron chi connectivity index (χ4n) is 4.55. The summed E-state index contributed by atoms with van der Waals surface area (Å²) >= 11 is 0. The first-order chi connectivity index (χ1) is 11.0. The Morgan fingerprint density at radius 3 is 2.92 bits per heavy atom. The second-order valence-electron chi connectivity index (χ2n) is 7.51. The molecule has 2 heterocycles. The number of aliphatic hydroxyl groups is 1. The van der Waals surface area contributed by atoms with E-state index in [1.807, 2.05) is 12.1 Å². The molecule has 1 unspecified atom stereocenters. The van der Waals surface area contributed by atoms with Crippen molar-refractivity contribution < 1.29 is 24.5 Å². The fourth-order valence-corrected chi connectivity index (χ4v) is 4.55. The highest BCUT2D eigenvalue weighted by molar-refractivity contribution is 5.60. The molecule has 2 N–H and O–H groups in total. The van der Waals surface area contributed by atoms with Crippen LogP contribution in [0.25, 0.3) is 0 Å². The third kappa shape index (κ3) is 2.26. The molecule has 0 amide bonds. The van der Waals surface area contributed by atoms with Crippen LogP contribution in [-0.4, -0.2) is 54.5 Å². The van der Waals surface area contributed by atoms with Gasteiger partial charge in [-0.05, 0) is 19.1 Å². The van der Waals surface area contributed by atoms with Gasteiger partial charge in [0.1, 0.15) is 12.6 Å². The maximum atomic E-state index is 10.1. The Bertz CT molecular complexity index is 674. The molecule has 0 radical (unpaired) electrons. The van der Waals surface area contributed by atoms with Crippen LogP contribution >= 0.6 is 0 Å². The second kappa shape index (κ2) is 5.76. The summed E-state index contributed by atoms with van der Waals surface area (Å²) < 4.78 is 12.9. The summed E-state index contributed by atoms with van der Waals surface area (Å²) in [7, 11) is 4.04. The van der Waals surface area contributed by atoms with E-state index in [2.05, 4.69) is 26.1 Å². The third-order valence-corrected chi connectivity index (χ3v) is 6.18. The Hall–Kier alpha value is -1.56. The third-order valence-electron chi connectivity index (χ3n) is 6.18. The largest absolute Gasteiger partial charge is 0.870 e. The normalized spacial score (nSPS) is 36.0. The first-order valence-electron chi connectivity index (χ1n) is 8.59. The number of aliphatic hydroxyl groups excluding tert-OH is 1. The Labute approximate surface area is 143 Å². The molecule has 2 aliphatic heterocycles. The SMILES string of the molecule is CC[N+]1(C)CC[C@@]23C=C[C@H](O)C[C@@H]2Oc2c(OC)ccc(c23)C1.[OH-]. The van der Waals surface area contributed by atoms with Gasteiger partial charge >= 0.3 is 0 Å². The number of rotatable bonds is 2. The van der Waals surface area contributed by atoms with Crippen LogP contribution in [0.3, 0.4) is 0 Å². The van der Waals surface area contributed by atoms with Gasteiger partial charge < -0.3 is 24.5 Å². The van der Waals surface area contributed by atoms with E-state index in [9.17, 15) is 5.11 Å². The second-order valence-corrected chi connectivity index (χ2v) is 7.51. The molecule has 0 saturated heterocycles. The smallest absolute Gasteiger partial charge is 0.166 e. The number of methoxy groups -OCH3 is 1. The van der Waals surface area contributed by atoms with Gasteiger partial charge in [-0.15, -0.1) is 0 Å². The average molecular weight is 333 g/mol. The molecular formula is C19H27NO4. The molecular weight excluding hydrogens is 306 g/mol. The maximum absolute atomic E-state index is 10.1. The summed E-state index contributed by atoms with van der Waals surface area (Å²) in [6.45, 7) is 5.53. The maximum Gasteiger partial charge on any atom is 0.166 e. The number of ether oxygens (including phenoxy) is 2. The Balaban J connectivity index is 0.00000169. The molecule has 1 aromatic rings. The van der Waals surface area contributed by atoms with Crippen LogP contribution in [0.5, 0.6) is 11.5 Å². The quantitative estimate of drug-likeness (QED) is 0.665. The van der Waals surface area contributed by atoms with Gasteiger partial charge in [-0.25, -0.2) is 0 Å². The van der Waals surface area contributed by atoms with Gasteiger partial charge in [-0.3, -0.25) is 0 Å². The molecule has 1 aliphatic carbocycles. The highest BCUT2D eigenvalue weighted by Gasteiger charge is 2.54. The first-order valence-corrected chi connectivity index (χ1v) is 8.59. The molecule has 0 fully saturated rings. The topological polar surface area (TPSA) is 68.7 Å². The van der Waals surface area contributed by atoms with Crippen molar-refractivity contribution in [2.45, 2.75) is 43.9 Å². The van der Waals surface area contributed by atoms with Gasteiger partial charge in [0.2, 0.25) is 0 Å². The Kier molecular flexibility index (Phi) is 4.14. The van der Waals surface area contributed by atoms with Crippen molar-refractivity contribution in [2.75, 3.05) is 27.2 Å². The highest BCUT2D eigenvalue weighted by Crippen LogP contribution is 2.56. The van der Waals surface area contributed by atoms with Crippen molar-refractivity contribution in [2.24, 2.45) is 0 Å². The van der Waals surface area contributed by atoms with Crippen LogP contribution in [-0.2, 0) is 12.0 Å². The lowest BCUT2D eigenvalue weighted by Gasteiger charge is -2.37. The molecule has 0 saturated carbocycles. The summed E-state index contributed by atoms with van der Waals surface area (Å²) in [5.74, 6) is 1.71. The zero-order valence-corrected chi connectivity index (χ0v) is 14.7. The molecule has 0 bridgehead atoms. The number of hydrogen-bond donors (Lipinski definition) is 1. The predicted octanol–water partition coefficient (Wildman–Crippen LogP) is 2.21. The Morgan fingerprint density at radius 2 is 2.21 bits per heavy atom. The van der Waals surface area contributed by atoms with Gasteiger partial charge in [-0.2, -0.15) is 0 Å². The van der Waals surface area contributed by atoms with Crippen molar-refractivity contribution in [1.29, 1.82) is 0 Å². The van der Waals surface area contributed by atoms with Crippen LogP contribution in [0, 0.1) is 0 Å². The van der Waals surface area contributed by atoms with E-state index in [4.69, 9.17) is 9.47 Å². The monoisotopic (exact) mass is 333 g/mol. The summed E-state index contributed by atoms with van der Waals surface area (Å²) in [6, 6.07) is 4.24. The summed E-state index contributed by atoms with van der Waals surface area (Å²) in [4.78, 5) is 0. The van der Waals surface area contributed by atoms with E-state index in [0.717, 1.165) is 42.0 Å². The lowest BCUT2D eigenvalue weighted by Crippen LogP contribution is -2.46. The van der Waals surface area contributed by atoms with E-state index >= 15 is 0 Å². The van der Waals surface area contributed by atoms with Crippen molar-refractivity contribution in [3.63, 3.8) is 0 Å². The van der Waals surface area contributed by atoms with Crippen LogP contribution < -0.4 is 9.47 Å². The van der Waals surface area contributed by atoms with Crippen LogP contribution in [0.15, 0.2) is 24.3 Å². The summed E-state index contributed by atoms with van der Waals surface area (Å²) in [5, 5.41) is 10.1. The zero-order valence-electron chi connectivity index (χ0n) is 14.7. The zero-order chi connectivity index (χ0) is 16.2. The van der Waals surface area contributed by atoms with Crippen molar-refractivity contribution in [3.8, 4) is 11.5 Å². The minimum Gasteiger partial charge on any atom is -0.870 e. The van der Waals surface area contributed by atoms with Gasteiger partial charge in [0.15, 0.2) is 11.5 Å². The van der Waals surface area contributed by atoms with E-state index in [1.165, 1.54) is 11.1 Å². The van der Waals surface area contributed by atoms with Crippen molar-refractivity contribution >= 4 is 0 Å². The predicted molar refractivity (Wildman–Crippen MR) is 90.7 cm³/mol. The van der Waals surface area contributed by atoms with Crippen LogP contribution in [0.2, 0.25) is 0 Å². The molecule has 5 nitrogen and oxygen atoms in total. The van der Waals surface area contributed by atoms with Crippen LogP contribution in [0.1, 0.15) is 30.9 Å². The number of benzene rings is 1. The Morgan fingerprint density at radius 1 is 1.42 bits per heavy atom. The van der Waals surface area contributed by atoms with Gasteiger partial charge in [0, 0.05) is 24.0 Å². The first kappa shape index (κ1) is 17.3. The molecule has 4 atom stereocenters. The number of nitrogens with zero attached hydrogens (tertiary/aromatic N) is 1. The van der Waals surface area contributed by atoms with Gasteiger partial charge in [0.25, 0.3) is 0 Å². The van der Waals surface area contributed by atoms with E-state index in [0.29, 0.717) is 6.42 Å². The van der Waals surface area contributed by atoms with Crippen molar-refractivity contribution in [3.05, 3.63) is 35.4 Å². The van der Waals surface area contributed by atoms with E-state index in [-0.39, 0.29) is 17.0 Å². The molecule has 24 heavy (non-hydrogen) atoms. The minimum absolute atomic E-state index is 0. The van der Waals surface area contributed by atoms with Gasteiger partial charge in [0.05, 0.1) is 38.8 Å². The van der Waals surface area contributed by atoms with Gasteiger partial charge in [-0.1, -0.05) is 12.2 Å². The van der Waals surface area contributed by atoms with Crippen molar-refractivity contribution in [1.82, 2.24) is 0 Å². The molecule has 132 valence electrons. The molecule has 5 heteroatoms. The van der Waals surface area contributed by atoms with E-state index in [1.54, 1.807) is 7.11 Å². The highest BCUT2D eigenvalue weighted by atomic mass is 16.5. The number of hydrogen-bond acceptors (Lipinski definition) is 4. The molecule has 4 rings (SSSR count). The van der Waals surface area contributed by atoms with Crippen LogP contribution in [0.4, 0.5) is 0 Å². The molecule has 0 aromatic heterocycles. The summed E-state index contributed by atoms with van der Waals surface area (Å²) in [6.07, 6.45) is 5.48. The van der Waals surface area contributed by atoms with E-state index < -0.39 is 6.10 Å². The minimum atomic E-state index is -0.412. The summed E-state index contributed by atoms with van der Waals surface area (Å²) in [5.41, 5.74) is 2.57. The molecule has 3 aliphatic rings. The fraction of sp³-hybridized carbons (Fsp3) is 0.579. The lowest BCUT2D eigenvalue weighted by atomic mass is 9.69. The molecule has 1 spiro atoms.